The standard InChI is InChI=1S/C19H13FN2O3S/c20-15-7-5-13(6-8-15)19-22-16(12-26-19)10-25-18(23)11-24-17-4-2-1-3-14(17)9-21/h1-8,12H,10-11H2. The maximum Gasteiger partial charge on any atom is 0.344 e. The normalized spacial score (nSPS) is 10.2. The highest BCUT2D eigenvalue weighted by Crippen LogP contribution is 2.24. The maximum absolute atomic E-state index is 13.0. The number of benzene rings is 2. The molecule has 0 N–H and O–H groups in total. The van der Waals surface area contributed by atoms with Crippen LogP contribution in [0.2, 0.25) is 0 Å². The lowest BCUT2D eigenvalue weighted by molar-refractivity contribution is -0.147. The molecule has 0 atom stereocenters. The van der Waals surface area contributed by atoms with E-state index in [1.165, 1.54) is 23.5 Å². The van der Waals surface area contributed by atoms with E-state index < -0.39 is 5.97 Å². The minimum Gasteiger partial charge on any atom is -0.481 e. The van der Waals surface area contributed by atoms with Crippen LogP contribution in [-0.2, 0) is 16.1 Å². The second kappa shape index (κ2) is 8.23. The van der Waals surface area contributed by atoms with Gasteiger partial charge in [0, 0.05) is 10.9 Å². The Kier molecular flexibility index (Phi) is 5.56. The molecule has 0 aliphatic carbocycles. The smallest absolute Gasteiger partial charge is 0.344 e. The molecule has 7 heteroatoms. The van der Waals surface area contributed by atoms with Crippen LogP contribution in [-0.4, -0.2) is 17.6 Å². The summed E-state index contributed by atoms with van der Waals surface area (Å²) in [5.41, 5.74) is 1.74. The summed E-state index contributed by atoms with van der Waals surface area (Å²) in [6, 6.07) is 14.7. The van der Waals surface area contributed by atoms with Crippen LogP contribution in [0.3, 0.4) is 0 Å². The Hall–Kier alpha value is -3.24. The summed E-state index contributed by atoms with van der Waals surface area (Å²) in [4.78, 5) is 16.2. The van der Waals surface area contributed by atoms with E-state index in [4.69, 9.17) is 14.7 Å². The summed E-state index contributed by atoms with van der Waals surface area (Å²) in [6.45, 7) is -0.284. The molecule has 0 spiro atoms. The van der Waals surface area contributed by atoms with E-state index in [0.717, 1.165) is 10.6 Å². The Labute approximate surface area is 153 Å². The number of thiazole rings is 1. The summed E-state index contributed by atoms with van der Waals surface area (Å²) < 4.78 is 23.4. The monoisotopic (exact) mass is 368 g/mol. The number of rotatable bonds is 6. The first-order valence-corrected chi connectivity index (χ1v) is 8.51. The highest BCUT2D eigenvalue weighted by atomic mass is 32.1. The summed E-state index contributed by atoms with van der Waals surface area (Å²) in [6.07, 6.45) is 0. The largest absolute Gasteiger partial charge is 0.481 e. The molecule has 2 aromatic carbocycles. The summed E-state index contributed by atoms with van der Waals surface area (Å²) in [5.74, 6) is -0.536. The summed E-state index contributed by atoms with van der Waals surface area (Å²) in [7, 11) is 0. The number of halogens is 1. The molecule has 0 saturated carbocycles. The molecule has 0 bridgehead atoms. The van der Waals surface area contributed by atoms with Gasteiger partial charge in [-0.15, -0.1) is 11.3 Å². The van der Waals surface area contributed by atoms with E-state index in [1.54, 1.807) is 41.8 Å². The van der Waals surface area contributed by atoms with Gasteiger partial charge in [0.15, 0.2) is 6.61 Å². The number of esters is 1. The molecule has 26 heavy (non-hydrogen) atoms. The summed E-state index contributed by atoms with van der Waals surface area (Å²) in [5, 5.41) is 11.5. The first-order valence-electron chi connectivity index (χ1n) is 7.63. The third-order valence-electron chi connectivity index (χ3n) is 3.38. The zero-order chi connectivity index (χ0) is 18.4. The second-order valence-electron chi connectivity index (χ2n) is 5.21. The van der Waals surface area contributed by atoms with Crippen molar-refractivity contribution in [2.45, 2.75) is 6.61 Å². The van der Waals surface area contributed by atoms with Crippen molar-refractivity contribution in [3.05, 3.63) is 71.0 Å². The lowest BCUT2D eigenvalue weighted by Crippen LogP contribution is -2.15. The maximum atomic E-state index is 13.0. The Bertz CT molecular complexity index is 948. The van der Waals surface area contributed by atoms with Crippen molar-refractivity contribution in [3.8, 4) is 22.4 Å². The fourth-order valence-corrected chi connectivity index (χ4v) is 2.93. The molecule has 5 nitrogen and oxygen atoms in total. The van der Waals surface area contributed by atoms with E-state index in [9.17, 15) is 9.18 Å². The fraction of sp³-hybridized carbons (Fsp3) is 0.105. The minimum absolute atomic E-state index is 0.0137. The van der Waals surface area contributed by atoms with Gasteiger partial charge in [-0.05, 0) is 36.4 Å². The zero-order valence-corrected chi connectivity index (χ0v) is 14.3. The number of aromatic nitrogens is 1. The van der Waals surface area contributed by atoms with Crippen molar-refractivity contribution >= 4 is 17.3 Å². The Morgan fingerprint density at radius 3 is 2.73 bits per heavy atom. The number of nitrogens with zero attached hydrogens (tertiary/aromatic N) is 2. The van der Waals surface area contributed by atoms with Gasteiger partial charge in [-0.1, -0.05) is 12.1 Å². The van der Waals surface area contributed by atoms with Gasteiger partial charge in [-0.2, -0.15) is 5.26 Å². The molecule has 0 saturated heterocycles. The molecule has 0 amide bonds. The topological polar surface area (TPSA) is 72.2 Å². The van der Waals surface area contributed by atoms with Crippen LogP contribution in [0, 0.1) is 17.1 Å². The quantitative estimate of drug-likeness (QED) is 0.616. The molecule has 0 unspecified atom stereocenters. The van der Waals surface area contributed by atoms with E-state index in [0.29, 0.717) is 17.0 Å². The molecule has 0 fully saturated rings. The van der Waals surface area contributed by atoms with Gasteiger partial charge < -0.3 is 9.47 Å². The van der Waals surface area contributed by atoms with E-state index in [2.05, 4.69) is 4.98 Å². The molecule has 0 aliphatic rings. The Morgan fingerprint density at radius 2 is 1.96 bits per heavy atom. The van der Waals surface area contributed by atoms with Crippen molar-refractivity contribution in [1.82, 2.24) is 4.98 Å². The highest BCUT2D eigenvalue weighted by Gasteiger charge is 2.10. The zero-order valence-electron chi connectivity index (χ0n) is 13.5. The number of hydrogen-bond donors (Lipinski definition) is 0. The van der Waals surface area contributed by atoms with Crippen LogP contribution >= 0.6 is 11.3 Å². The number of carbonyl (C=O) groups is 1. The molecule has 3 aromatic rings. The Balaban J connectivity index is 1.52. The third kappa shape index (κ3) is 4.43. The first kappa shape index (κ1) is 17.6. The van der Waals surface area contributed by atoms with Crippen molar-refractivity contribution in [2.24, 2.45) is 0 Å². The van der Waals surface area contributed by atoms with Gasteiger partial charge in [-0.25, -0.2) is 14.2 Å². The molecule has 0 aliphatic heterocycles. The first-order chi connectivity index (χ1) is 12.7. The third-order valence-corrected chi connectivity index (χ3v) is 4.32. The van der Waals surface area contributed by atoms with Crippen molar-refractivity contribution < 1.29 is 18.7 Å². The van der Waals surface area contributed by atoms with Gasteiger partial charge >= 0.3 is 5.97 Å². The van der Waals surface area contributed by atoms with Gasteiger partial charge in [0.25, 0.3) is 0 Å². The van der Waals surface area contributed by atoms with Crippen molar-refractivity contribution in [1.29, 1.82) is 5.26 Å². The van der Waals surface area contributed by atoms with Crippen LogP contribution in [0.15, 0.2) is 53.9 Å². The number of carbonyl (C=O) groups excluding carboxylic acids is 1. The molecular formula is C19H13FN2O3S. The van der Waals surface area contributed by atoms with E-state index in [-0.39, 0.29) is 19.0 Å². The molecule has 1 heterocycles. The predicted molar refractivity (Wildman–Crippen MR) is 94.0 cm³/mol. The lowest BCUT2D eigenvalue weighted by Gasteiger charge is -2.07. The van der Waals surface area contributed by atoms with Crippen LogP contribution in [0.1, 0.15) is 11.3 Å². The van der Waals surface area contributed by atoms with Crippen molar-refractivity contribution in [3.63, 3.8) is 0 Å². The van der Waals surface area contributed by atoms with E-state index >= 15 is 0 Å². The second-order valence-corrected chi connectivity index (χ2v) is 6.07. The molecule has 0 radical (unpaired) electrons. The number of ether oxygens (including phenoxy) is 2. The van der Waals surface area contributed by atoms with E-state index in [1.807, 2.05) is 6.07 Å². The van der Waals surface area contributed by atoms with Crippen molar-refractivity contribution in [2.75, 3.05) is 6.61 Å². The van der Waals surface area contributed by atoms with Gasteiger partial charge in [-0.3, -0.25) is 0 Å². The summed E-state index contributed by atoms with van der Waals surface area (Å²) >= 11 is 1.38. The number of hydrogen-bond acceptors (Lipinski definition) is 6. The molecule has 130 valence electrons. The number of nitriles is 1. The lowest BCUT2D eigenvalue weighted by atomic mass is 10.2. The van der Waals surface area contributed by atoms with Crippen LogP contribution < -0.4 is 4.74 Å². The Morgan fingerprint density at radius 1 is 1.19 bits per heavy atom. The molecular weight excluding hydrogens is 355 g/mol. The van der Waals surface area contributed by atoms with Crippen LogP contribution in [0.5, 0.6) is 5.75 Å². The van der Waals surface area contributed by atoms with Gasteiger partial charge in [0.2, 0.25) is 0 Å². The van der Waals surface area contributed by atoms with Gasteiger partial charge in [0.05, 0.1) is 11.3 Å². The molecule has 1 aromatic heterocycles. The minimum atomic E-state index is -0.561. The average molecular weight is 368 g/mol. The average Bonchev–Trinajstić information content (AvgIpc) is 3.14. The fourth-order valence-electron chi connectivity index (χ4n) is 2.12. The number of para-hydroxylation sites is 1. The predicted octanol–water partition coefficient (Wildman–Crippen LogP) is 3.94. The van der Waals surface area contributed by atoms with Crippen LogP contribution in [0.4, 0.5) is 4.39 Å². The highest BCUT2D eigenvalue weighted by molar-refractivity contribution is 7.13. The van der Waals surface area contributed by atoms with Crippen LogP contribution in [0.25, 0.3) is 10.6 Å². The SMILES string of the molecule is N#Cc1ccccc1OCC(=O)OCc1csc(-c2ccc(F)cc2)n1. The van der Waals surface area contributed by atoms with Gasteiger partial charge in [0.1, 0.15) is 29.3 Å². The molecule has 3 rings (SSSR count).